The normalized spacial score (nSPS) is 18.0. The van der Waals surface area contributed by atoms with E-state index in [1.54, 1.807) is 0 Å². The predicted octanol–water partition coefficient (Wildman–Crippen LogP) is 3.76. The summed E-state index contributed by atoms with van der Waals surface area (Å²) in [4.78, 5) is 9.68. The number of rotatable bonds is 8. The number of aromatic nitrogens is 1. The third-order valence-electron chi connectivity index (χ3n) is 5.41. The monoisotopic (exact) mass is 377 g/mol. The number of pyridine rings is 1. The van der Waals surface area contributed by atoms with Crippen molar-refractivity contribution >= 4 is 0 Å². The van der Waals surface area contributed by atoms with Gasteiger partial charge in [-0.2, -0.15) is 0 Å². The third-order valence-corrected chi connectivity index (χ3v) is 5.41. The van der Waals surface area contributed by atoms with Crippen molar-refractivity contribution in [1.82, 2.24) is 14.8 Å². The van der Waals surface area contributed by atoms with Crippen LogP contribution >= 0.6 is 0 Å². The zero-order valence-electron chi connectivity index (χ0n) is 17.9. The summed E-state index contributed by atoms with van der Waals surface area (Å²) in [7, 11) is 0. The summed E-state index contributed by atoms with van der Waals surface area (Å²) in [5, 5.41) is 0. The molecule has 1 aromatic rings. The van der Waals surface area contributed by atoms with Crippen molar-refractivity contribution in [1.29, 1.82) is 0 Å². The van der Waals surface area contributed by atoms with Crippen LogP contribution in [0.4, 0.5) is 0 Å². The Labute approximate surface area is 166 Å². The molecule has 3 rings (SSSR count). The summed E-state index contributed by atoms with van der Waals surface area (Å²) >= 11 is 0. The van der Waals surface area contributed by atoms with Crippen molar-refractivity contribution in [3.63, 3.8) is 0 Å². The maximum Gasteiger partial charge on any atom is 0.127 e. The fourth-order valence-corrected chi connectivity index (χ4v) is 3.75. The van der Waals surface area contributed by atoms with Gasteiger partial charge >= 0.3 is 0 Å². The average Bonchev–Trinajstić information content (AvgIpc) is 2.74. The Bertz CT molecular complexity index is 528. The first-order valence-electron chi connectivity index (χ1n) is 11.0. The van der Waals surface area contributed by atoms with Gasteiger partial charge in [0.15, 0.2) is 0 Å². The van der Waals surface area contributed by atoms with Gasteiger partial charge in [-0.1, -0.05) is 27.7 Å². The molecule has 0 N–H and O–H groups in total. The molecule has 1 saturated heterocycles. The van der Waals surface area contributed by atoms with E-state index in [0.29, 0.717) is 6.10 Å². The fourth-order valence-electron chi connectivity index (χ4n) is 3.75. The molecule has 27 heavy (non-hydrogen) atoms. The second-order valence-corrected chi connectivity index (χ2v) is 7.12. The highest BCUT2D eigenvalue weighted by atomic mass is 16.5. The molecule has 0 saturated carbocycles. The minimum atomic E-state index is 0.309. The molecule has 0 unspecified atom stereocenters. The van der Waals surface area contributed by atoms with Gasteiger partial charge in [-0.3, -0.25) is 14.8 Å². The molecule has 2 aliphatic rings. The maximum atomic E-state index is 6.27. The Morgan fingerprint density at radius 3 is 2.48 bits per heavy atom. The van der Waals surface area contributed by atoms with E-state index in [1.165, 1.54) is 24.2 Å². The summed E-state index contributed by atoms with van der Waals surface area (Å²) in [6, 6.07) is 2.05. The van der Waals surface area contributed by atoms with Crippen LogP contribution in [0.5, 0.6) is 5.75 Å². The maximum absolute atomic E-state index is 6.27. The number of morpholine rings is 1. The Balaban J connectivity index is 0.00000126. The molecule has 5 heteroatoms. The van der Waals surface area contributed by atoms with E-state index in [4.69, 9.17) is 9.47 Å². The topological polar surface area (TPSA) is 37.8 Å². The van der Waals surface area contributed by atoms with Gasteiger partial charge in [-0.25, -0.2) is 0 Å². The van der Waals surface area contributed by atoms with Gasteiger partial charge in [0.1, 0.15) is 5.75 Å². The van der Waals surface area contributed by atoms with Crippen LogP contribution in [0, 0.1) is 0 Å². The van der Waals surface area contributed by atoms with Crippen molar-refractivity contribution in [3.8, 4) is 5.75 Å². The number of hydrogen-bond acceptors (Lipinski definition) is 5. The molecule has 154 valence electrons. The van der Waals surface area contributed by atoms with Crippen molar-refractivity contribution in [2.45, 2.75) is 66.0 Å². The minimum absolute atomic E-state index is 0.309. The molecule has 0 bridgehead atoms. The van der Waals surface area contributed by atoms with Crippen LogP contribution < -0.4 is 4.74 Å². The highest BCUT2D eigenvalue weighted by molar-refractivity contribution is 5.37. The van der Waals surface area contributed by atoms with E-state index < -0.39 is 0 Å². The summed E-state index contributed by atoms with van der Waals surface area (Å²) in [5.41, 5.74) is 2.54. The Hall–Kier alpha value is -1.17. The third kappa shape index (κ3) is 6.74. The van der Waals surface area contributed by atoms with Gasteiger partial charge in [0.2, 0.25) is 0 Å². The van der Waals surface area contributed by atoms with Crippen LogP contribution in [0.15, 0.2) is 12.3 Å². The minimum Gasteiger partial charge on any atom is -0.490 e. The quantitative estimate of drug-likeness (QED) is 0.690. The smallest absolute Gasteiger partial charge is 0.127 e. The van der Waals surface area contributed by atoms with Crippen LogP contribution in [0.1, 0.15) is 58.2 Å². The first-order valence-corrected chi connectivity index (χ1v) is 11.0. The zero-order chi connectivity index (χ0) is 19.5. The lowest BCUT2D eigenvalue weighted by atomic mass is 10.0. The molecule has 3 heterocycles. The van der Waals surface area contributed by atoms with Gasteiger partial charge in [0.05, 0.1) is 19.3 Å². The molecular weight excluding hydrogens is 338 g/mol. The van der Waals surface area contributed by atoms with Gasteiger partial charge in [0.25, 0.3) is 0 Å². The van der Waals surface area contributed by atoms with Crippen molar-refractivity contribution in [3.05, 3.63) is 23.5 Å². The molecule has 0 spiro atoms. The Morgan fingerprint density at radius 2 is 1.78 bits per heavy atom. The van der Waals surface area contributed by atoms with Gasteiger partial charge in [0, 0.05) is 50.1 Å². The van der Waals surface area contributed by atoms with E-state index in [2.05, 4.69) is 28.6 Å². The summed E-state index contributed by atoms with van der Waals surface area (Å²) in [6.07, 6.45) is 6.58. The van der Waals surface area contributed by atoms with Crippen LogP contribution in [0.25, 0.3) is 0 Å². The summed E-state index contributed by atoms with van der Waals surface area (Å²) < 4.78 is 11.7. The highest BCUT2D eigenvalue weighted by Gasteiger charge is 2.22. The summed E-state index contributed by atoms with van der Waals surface area (Å²) in [5.74, 6) is 1.05. The lowest BCUT2D eigenvalue weighted by molar-refractivity contribution is 0.0359. The first kappa shape index (κ1) is 22.1. The molecule has 5 nitrogen and oxygen atoms in total. The van der Waals surface area contributed by atoms with Crippen molar-refractivity contribution in [2.24, 2.45) is 0 Å². The Morgan fingerprint density at radius 1 is 1.07 bits per heavy atom. The number of fused-ring (bicyclic) bond motifs is 1. The number of ether oxygens (including phenoxy) is 2. The number of hydrogen-bond donors (Lipinski definition) is 0. The molecule has 0 aromatic carbocycles. The fraction of sp³-hybridized carbons (Fsp3) is 0.773. The van der Waals surface area contributed by atoms with E-state index in [-0.39, 0.29) is 0 Å². The lowest BCUT2D eigenvalue weighted by Gasteiger charge is -2.31. The second kappa shape index (κ2) is 12.3. The lowest BCUT2D eigenvalue weighted by Crippen LogP contribution is -2.39. The standard InChI is InChI=1S/C20H33N3O2.C2H6/c1-3-17(4-2)25-20-6-8-21-19-7-11-23(16-18(19)20)10-5-9-22-12-14-24-15-13-22;1-2/h6,8,17H,3-5,7,9-16H2,1-2H3;1-2H3. The molecule has 1 fully saturated rings. The van der Waals surface area contributed by atoms with Gasteiger partial charge in [-0.15, -0.1) is 0 Å². The van der Waals surface area contributed by atoms with E-state index in [1.807, 2.05) is 26.1 Å². The van der Waals surface area contributed by atoms with Gasteiger partial charge < -0.3 is 9.47 Å². The number of nitrogens with zero attached hydrogens (tertiary/aromatic N) is 3. The van der Waals surface area contributed by atoms with E-state index in [9.17, 15) is 0 Å². The van der Waals surface area contributed by atoms with Crippen LogP contribution in [0.2, 0.25) is 0 Å². The van der Waals surface area contributed by atoms with E-state index in [0.717, 1.165) is 70.9 Å². The second-order valence-electron chi connectivity index (χ2n) is 7.12. The molecule has 0 aliphatic carbocycles. The average molecular weight is 378 g/mol. The SMILES string of the molecule is CC.CCC(CC)Oc1ccnc2c1CN(CCCN1CCOCC1)CC2. The Kier molecular flexibility index (Phi) is 10.1. The van der Waals surface area contributed by atoms with Crippen LogP contribution in [-0.4, -0.2) is 66.8 Å². The highest BCUT2D eigenvalue weighted by Crippen LogP contribution is 2.28. The van der Waals surface area contributed by atoms with E-state index >= 15 is 0 Å². The van der Waals surface area contributed by atoms with Crippen molar-refractivity contribution < 1.29 is 9.47 Å². The largest absolute Gasteiger partial charge is 0.490 e. The molecular formula is C22H39N3O2. The molecule has 0 amide bonds. The zero-order valence-corrected chi connectivity index (χ0v) is 17.9. The molecule has 1 aromatic heterocycles. The van der Waals surface area contributed by atoms with Crippen LogP contribution in [-0.2, 0) is 17.7 Å². The molecule has 2 aliphatic heterocycles. The summed E-state index contributed by atoms with van der Waals surface area (Å²) in [6.45, 7) is 16.7. The predicted molar refractivity (Wildman–Crippen MR) is 111 cm³/mol. The van der Waals surface area contributed by atoms with Crippen LogP contribution in [0.3, 0.4) is 0 Å². The molecule has 0 atom stereocenters. The molecule has 0 radical (unpaired) electrons. The van der Waals surface area contributed by atoms with Crippen molar-refractivity contribution in [2.75, 3.05) is 45.9 Å². The van der Waals surface area contributed by atoms with Gasteiger partial charge in [-0.05, 0) is 38.4 Å². The first-order chi connectivity index (χ1) is 13.3.